The second-order valence-corrected chi connectivity index (χ2v) is 4.47. The molecule has 0 radical (unpaired) electrons. The van der Waals surface area contributed by atoms with E-state index < -0.39 is 0 Å². The van der Waals surface area contributed by atoms with Gasteiger partial charge in [-0.3, -0.25) is 4.79 Å². The van der Waals surface area contributed by atoms with E-state index in [0.717, 1.165) is 19.5 Å². The van der Waals surface area contributed by atoms with Gasteiger partial charge in [0.15, 0.2) is 0 Å². The van der Waals surface area contributed by atoms with Gasteiger partial charge in [0, 0.05) is 19.3 Å². The van der Waals surface area contributed by atoms with Gasteiger partial charge in [-0.05, 0) is 30.9 Å². The third-order valence-corrected chi connectivity index (χ3v) is 2.98. The van der Waals surface area contributed by atoms with Crippen LogP contribution in [0, 0.1) is 5.92 Å². The number of nitrogens with zero attached hydrogens (tertiary/aromatic N) is 2. The Balaban J connectivity index is 2.09. The van der Waals surface area contributed by atoms with Crippen LogP contribution >= 0.6 is 0 Å². The van der Waals surface area contributed by atoms with Gasteiger partial charge >= 0.3 is 0 Å². The number of piperidine rings is 1. The van der Waals surface area contributed by atoms with Crippen LogP contribution < -0.4 is 5.73 Å². The van der Waals surface area contributed by atoms with Crippen LogP contribution in [0.25, 0.3) is 0 Å². The van der Waals surface area contributed by atoms with Crippen LogP contribution in [-0.4, -0.2) is 28.9 Å². The highest BCUT2D eigenvalue weighted by molar-refractivity contribution is 5.94. The number of anilines is 1. The van der Waals surface area contributed by atoms with E-state index in [9.17, 15) is 4.79 Å². The van der Waals surface area contributed by atoms with Crippen molar-refractivity contribution in [3.63, 3.8) is 0 Å². The van der Waals surface area contributed by atoms with Crippen LogP contribution in [-0.2, 0) is 0 Å². The average Bonchev–Trinajstić information content (AvgIpc) is 2.29. The number of hydrogen-bond donors (Lipinski definition) is 1. The number of rotatable bonds is 1. The normalized spacial score (nSPS) is 20.8. The van der Waals surface area contributed by atoms with E-state index in [1.165, 1.54) is 6.42 Å². The van der Waals surface area contributed by atoms with Crippen LogP contribution in [0.5, 0.6) is 0 Å². The lowest BCUT2D eigenvalue weighted by Gasteiger charge is -2.30. The molecular formula is C12H17N3O. The van der Waals surface area contributed by atoms with Crippen molar-refractivity contribution < 1.29 is 4.79 Å². The summed E-state index contributed by atoms with van der Waals surface area (Å²) in [7, 11) is 0. The molecule has 1 aliphatic rings. The lowest BCUT2D eigenvalue weighted by atomic mass is 10.00. The first-order valence-electron chi connectivity index (χ1n) is 5.67. The molecule has 4 heteroatoms. The first-order valence-corrected chi connectivity index (χ1v) is 5.67. The van der Waals surface area contributed by atoms with Crippen molar-refractivity contribution in [2.45, 2.75) is 19.8 Å². The van der Waals surface area contributed by atoms with Crippen molar-refractivity contribution in [1.29, 1.82) is 0 Å². The lowest BCUT2D eigenvalue weighted by molar-refractivity contribution is 0.0682. The maximum atomic E-state index is 12.1. The third-order valence-electron chi connectivity index (χ3n) is 2.98. The number of carbonyl (C=O) groups excluding carboxylic acids is 1. The summed E-state index contributed by atoms with van der Waals surface area (Å²) in [6.07, 6.45) is 3.86. The van der Waals surface area contributed by atoms with Crippen molar-refractivity contribution in [2.75, 3.05) is 18.8 Å². The Labute approximate surface area is 95.5 Å². The van der Waals surface area contributed by atoms with Crippen LogP contribution in [0.1, 0.15) is 30.1 Å². The second-order valence-electron chi connectivity index (χ2n) is 4.47. The number of nitrogen functional groups attached to an aromatic ring is 1. The molecule has 1 amide bonds. The molecule has 1 unspecified atom stereocenters. The molecule has 4 nitrogen and oxygen atoms in total. The Hall–Kier alpha value is -1.58. The molecule has 1 aromatic rings. The highest BCUT2D eigenvalue weighted by atomic mass is 16.2. The van der Waals surface area contributed by atoms with E-state index in [0.29, 0.717) is 17.3 Å². The molecule has 0 bridgehead atoms. The molecule has 0 aromatic carbocycles. The monoisotopic (exact) mass is 219 g/mol. The zero-order chi connectivity index (χ0) is 11.5. The van der Waals surface area contributed by atoms with Crippen LogP contribution in [0.2, 0.25) is 0 Å². The number of likely N-dealkylation sites (tertiary alicyclic amines) is 1. The minimum atomic E-state index is 0.0686. The Kier molecular flexibility index (Phi) is 3.08. The minimum absolute atomic E-state index is 0.0686. The van der Waals surface area contributed by atoms with Gasteiger partial charge in [0.1, 0.15) is 5.82 Å². The summed E-state index contributed by atoms with van der Waals surface area (Å²) >= 11 is 0. The molecule has 1 aliphatic heterocycles. The molecule has 1 atom stereocenters. The summed E-state index contributed by atoms with van der Waals surface area (Å²) in [6.45, 7) is 3.89. The van der Waals surface area contributed by atoms with Gasteiger partial charge < -0.3 is 10.6 Å². The van der Waals surface area contributed by atoms with Crippen LogP contribution in [0.15, 0.2) is 18.3 Å². The third kappa shape index (κ3) is 2.32. The van der Waals surface area contributed by atoms with Crippen molar-refractivity contribution in [1.82, 2.24) is 9.88 Å². The van der Waals surface area contributed by atoms with Crippen molar-refractivity contribution in [2.24, 2.45) is 5.92 Å². The fourth-order valence-corrected chi connectivity index (χ4v) is 2.09. The summed E-state index contributed by atoms with van der Waals surface area (Å²) in [4.78, 5) is 18.0. The predicted molar refractivity (Wildman–Crippen MR) is 63.0 cm³/mol. The number of carbonyl (C=O) groups is 1. The van der Waals surface area contributed by atoms with Crippen molar-refractivity contribution >= 4 is 11.7 Å². The molecule has 1 fully saturated rings. The van der Waals surface area contributed by atoms with Gasteiger partial charge in [-0.25, -0.2) is 4.98 Å². The topological polar surface area (TPSA) is 59.2 Å². The Morgan fingerprint density at radius 3 is 3.00 bits per heavy atom. The highest BCUT2D eigenvalue weighted by Gasteiger charge is 2.21. The maximum absolute atomic E-state index is 12.1. The van der Waals surface area contributed by atoms with Crippen molar-refractivity contribution in [3.05, 3.63) is 23.9 Å². The number of pyridine rings is 1. The maximum Gasteiger partial charge on any atom is 0.255 e. The minimum Gasteiger partial charge on any atom is -0.384 e. The van der Waals surface area contributed by atoms with Gasteiger partial charge in [-0.1, -0.05) is 6.92 Å². The quantitative estimate of drug-likeness (QED) is 0.779. The fraction of sp³-hybridized carbons (Fsp3) is 0.500. The summed E-state index contributed by atoms with van der Waals surface area (Å²) < 4.78 is 0. The first kappa shape index (κ1) is 10.9. The molecule has 0 aliphatic carbocycles. The van der Waals surface area contributed by atoms with Gasteiger partial charge in [-0.2, -0.15) is 0 Å². The summed E-state index contributed by atoms with van der Waals surface area (Å²) in [5, 5.41) is 0. The van der Waals surface area contributed by atoms with Gasteiger partial charge in [0.2, 0.25) is 0 Å². The predicted octanol–water partition coefficient (Wildman–Crippen LogP) is 1.54. The Bertz CT molecular complexity index is 374. The van der Waals surface area contributed by atoms with E-state index in [1.54, 1.807) is 18.3 Å². The fourth-order valence-electron chi connectivity index (χ4n) is 2.09. The smallest absolute Gasteiger partial charge is 0.255 e. The molecule has 1 aromatic heterocycles. The van der Waals surface area contributed by atoms with Crippen LogP contribution in [0.4, 0.5) is 5.82 Å². The van der Waals surface area contributed by atoms with E-state index in [4.69, 9.17) is 5.73 Å². The van der Waals surface area contributed by atoms with Gasteiger partial charge in [0.05, 0.1) is 5.56 Å². The molecule has 2 rings (SSSR count). The van der Waals surface area contributed by atoms with Crippen LogP contribution in [0.3, 0.4) is 0 Å². The summed E-state index contributed by atoms with van der Waals surface area (Å²) in [6, 6.07) is 3.41. The van der Waals surface area contributed by atoms with E-state index in [-0.39, 0.29) is 5.91 Å². The summed E-state index contributed by atoms with van der Waals surface area (Å²) in [5.74, 6) is 1.11. The molecule has 1 saturated heterocycles. The number of amides is 1. The second kappa shape index (κ2) is 4.51. The zero-order valence-electron chi connectivity index (χ0n) is 9.52. The molecule has 86 valence electrons. The van der Waals surface area contributed by atoms with Gasteiger partial charge in [-0.15, -0.1) is 0 Å². The van der Waals surface area contributed by atoms with E-state index >= 15 is 0 Å². The SMILES string of the molecule is CC1CCCN(C(=O)c2ccc(N)nc2)C1. The van der Waals surface area contributed by atoms with E-state index in [1.807, 2.05) is 4.90 Å². The highest BCUT2D eigenvalue weighted by Crippen LogP contribution is 2.17. The first-order chi connectivity index (χ1) is 7.66. The Morgan fingerprint density at radius 2 is 2.38 bits per heavy atom. The Morgan fingerprint density at radius 1 is 1.56 bits per heavy atom. The molecule has 16 heavy (non-hydrogen) atoms. The molecule has 0 saturated carbocycles. The standard InChI is InChI=1S/C12H17N3O/c1-9-3-2-6-15(8-9)12(16)10-4-5-11(13)14-7-10/h4-5,7,9H,2-3,6,8H2,1H3,(H2,13,14). The zero-order valence-corrected chi connectivity index (χ0v) is 9.52. The van der Waals surface area contributed by atoms with Crippen molar-refractivity contribution in [3.8, 4) is 0 Å². The number of hydrogen-bond acceptors (Lipinski definition) is 3. The average molecular weight is 219 g/mol. The van der Waals surface area contributed by atoms with E-state index in [2.05, 4.69) is 11.9 Å². The molecule has 2 heterocycles. The molecule has 0 spiro atoms. The molecular weight excluding hydrogens is 202 g/mol. The largest absolute Gasteiger partial charge is 0.384 e. The molecule has 2 N–H and O–H groups in total. The number of nitrogens with two attached hydrogens (primary N) is 1. The summed E-state index contributed by atoms with van der Waals surface area (Å²) in [5.41, 5.74) is 6.12. The van der Waals surface area contributed by atoms with Gasteiger partial charge in [0.25, 0.3) is 5.91 Å². The number of aromatic nitrogens is 1. The lowest BCUT2D eigenvalue weighted by Crippen LogP contribution is -2.39.